The fourth-order valence-corrected chi connectivity index (χ4v) is 9.19. The van der Waals surface area contributed by atoms with Crippen molar-refractivity contribution in [3.05, 3.63) is 41.5 Å². The van der Waals surface area contributed by atoms with Gasteiger partial charge < -0.3 is 4.74 Å². The van der Waals surface area contributed by atoms with Gasteiger partial charge in [0, 0.05) is 13.3 Å². The van der Waals surface area contributed by atoms with E-state index in [-0.39, 0.29) is 33.9 Å². The lowest BCUT2D eigenvalue weighted by atomic mass is 9.48. The Morgan fingerprint density at radius 1 is 1.00 bits per heavy atom. The van der Waals surface area contributed by atoms with Crippen LogP contribution >= 0.6 is 0 Å². The predicted octanol–water partition coefficient (Wildman–Crippen LogP) is 5.96. The Balaban J connectivity index is 1.35. The first kappa shape index (κ1) is 24.1. The molecule has 3 saturated carbocycles. The van der Waals surface area contributed by atoms with Crippen molar-refractivity contribution in [2.45, 2.75) is 96.2 Å². The predicted molar refractivity (Wildman–Crippen MR) is 130 cm³/mol. The number of hydrogen-bond donors (Lipinski definition) is 0. The van der Waals surface area contributed by atoms with Crippen molar-refractivity contribution >= 4 is 16.1 Å². The molecule has 1 aromatic carbocycles. The monoisotopic (exact) mass is 486 g/mol. The molecule has 0 aliphatic heterocycles. The van der Waals surface area contributed by atoms with Gasteiger partial charge in [-0.3, -0.25) is 8.98 Å². The molecule has 6 heteroatoms. The van der Waals surface area contributed by atoms with Crippen molar-refractivity contribution in [2.24, 2.45) is 28.6 Å². The van der Waals surface area contributed by atoms with Crippen molar-refractivity contribution in [2.75, 3.05) is 0 Å². The van der Waals surface area contributed by atoms with E-state index in [4.69, 9.17) is 8.92 Å². The molecule has 5 rings (SSSR count). The highest BCUT2D eigenvalue weighted by Crippen LogP contribution is 2.65. The van der Waals surface area contributed by atoms with Gasteiger partial charge in [-0.15, -0.1) is 0 Å². The van der Waals surface area contributed by atoms with E-state index in [2.05, 4.69) is 19.9 Å². The smallest absolute Gasteiger partial charge is 0.302 e. The van der Waals surface area contributed by atoms with E-state index in [0.29, 0.717) is 17.8 Å². The maximum Gasteiger partial charge on any atom is 0.302 e. The van der Waals surface area contributed by atoms with Gasteiger partial charge in [0.15, 0.2) is 0 Å². The quantitative estimate of drug-likeness (QED) is 0.298. The Kier molecular flexibility index (Phi) is 6.00. The molecule has 0 radical (unpaired) electrons. The summed E-state index contributed by atoms with van der Waals surface area (Å²) in [6, 6.07) is 6.94. The number of esters is 1. The van der Waals surface area contributed by atoms with Crippen LogP contribution in [-0.2, 0) is 23.8 Å². The molecule has 186 valence electrons. The SMILES string of the molecule is CC(=O)O[C@@H]1CC[C@@]2(C)C(=CC[C@@H]3[C@@H]4CC[C@H](OS(=O)(=O)c5ccc(C)cc5)[C@@]4(C)CC[C@@H]32)C1. The molecule has 34 heavy (non-hydrogen) atoms. The van der Waals surface area contributed by atoms with E-state index in [1.165, 1.54) is 12.5 Å². The summed E-state index contributed by atoms with van der Waals surface area (Å²) in [4.78, 5) is 11.7. The Bertz CT molecular complexity index is 1090. The zero-order chi connectivity index (χ0) is 24.3. The molecule has 0 spiro atoms. The third-order valence-corrected chi connectivity index (χ3v) is 11.2. The summed E-state index contributed by atoms with van der Waals surface area (Å²) in [7, 11) is -3.78. The Hall–Kier alpha value is -1.66. The molecule has 7 atom stereocenters. The minimum Gasteiger partial charge on any atom is -0.462 e. The van der Waals surface area contributed by atoms with Crippen molar-refractivity contribution in [3.63, 3.8) is 0 Å². The lowest BCUT2D eigenvalue weighted by molar-refractivity contribution is -0.148. The fraction of sp³-hybridized carbons (Fsp3) is 0.679. The highest BCUT2D eigenvalue weighted by molar-refractivity contribution is 7.86. The lowest BCUT2D eigenvalue weighted by Gasteiger charge is -2.57. The second-order valence-electron chi connectivity index (χ2n) is 11.7. The van der Waals surface area contributed by atoms with E-state index >= 15 is 0 Å². The van der Waals surface area contributed by atoms with Crippen LogP contribution in [0.25, 0.3) is 0 Å². The summed E-state index contributed by atoms with van der Waals surface area (Å²) in [5, 5.41) is 0. The lowest BCUT2D eigenvalue weighted by Crippen LogP contribution is -2.51. The molecule has 5 nitrogen and oxygen atoms in total. The van der Waals surface area contributed by atoms with Gasteiger partial charge in [-0.25, -0.2) is 0 Å². The summed E-state index contributed by atoms with van der Waals surface area (Å²) in [6.07, 6.45) is 10.0. The van der Waals surface area contributed by atoms with Gasteiger partial charge in [-0.05, 0) is 92.6 Å². The van der Waals surface area contributed by atoms with Gasteiger partial charge in [0.1, 0.15) is 6.10 Å². The van der Waals surface area contributed by atoms with Gasteiger partial charge in [0.25, 0.3) is 10.1 Å². The number of hydrogen-bond acceptors (Lipinski definition) is 5. The van der Waals surface area contributed by atoms with Gasteiger partial charge >= 0.3 is 5.97 Å². The summed E-state index contributed by atoms with van der Waals surface area (Å²) >= 11 is 0. The first-order valence-corrected chi connectivity index (χ1v) is 14.3. The van der Waals surface area contributed by atoms with Crippen LogP contribution in [-0.4, -0.2) is 26.6 Å². The molecular weight excluding hydrogens is 448 g/mol. The largest absolute Gasteiger partial charge is 0.462 e. The molecule has 4 aliphatic carbocycles. The van der Waals surface area contributed by atoms with Gasteiger partial charge in [0.2, 0.25) is 0 Å². The topological polar surface area (TPSA) is 69.7 Å². The first-order chi connectivity index (χ1) is 16.0. The summed E-state index contributed by atoms with van der Waals surface area (Å²) in [6.45, 7) is 8.15. The molecule has 0 aromatic heterocycles. The van der Waals surface area contributed by atoms with Crippen LogP contribution in [0.2, 0.25) is 0 Å². The Morgan fingerprint density at radius 3 is 2.44 bits per heavy atom. The molecule has 0 unspecified atom stereocenters. The van der Waals surface area contributed by atoms with Gasteiger partial charge in [0.05, 0.1) is 11.0 Å². The van der Waals surface area contributed by atoms with Crippen molar-refractivity contribution in [3.8, 4) is 0 Å². The molecular formula is C28H38O5S. The maximum atomic E-state index is 13.1. The van der Waals surface area contributed by atoms with Crippen molar-refractivity contribution in [1.29, 1.82) is 0 Å². The second-order valence-corrected chi connectivity index (χ2v) is 13.3. The van der Waals surface area contributed by atoms with E-state index < -0.39 is 10.1 Å². The zero-order valence-corrected chi connectivity index (χ0v) is 21.7. The summed E-state index contributed by atoms with van der Waals surface area (Å²) < 4.78 is 37.7. The second kappa shape index (κ2) is 8.48. The van der Waals surface area contributed by atoms with E-state index in [1.54, 1.807) is 12.1 Å². The highest BCUT2D eigenvalue weighted by atomic mass is 32.2. The van der Waals surface area contributed by atoms with Gasteiger partial charge in [-0.2, -0.15) is 8.42 Å². The number of rotatable bonds is 4. The van der Waals surface area contributed by atoms with Gasteiger partial charge in [-0.1, -0.05) is 43.2 Å². The number of benzene rings is 1. The maximum absolute atomic E-state index is 13.1. The molecule has 0 amide bonds. The minimum atomic E-state index is -3.78. The molecule has 0 heterocycles. The normalized spacial score (nSPS) is 39.4. The van der Waals surface area contributed by atoms with Crippen LogP contribution in [0.5, 0.6) is 0 Å². The van der Waals surface area contributed by atoms with Crippen molar-refractivity contribution in [1.82, 2.24) is 0 Å². The minimum absolute atomic E-state index is 0.0125. The van der Waals surface area contributed by atoms with Crippen LogP contribution in [0.4, 0.5) is 0 Å². The average molecular weight is 487 g/mol. The fourth-order valence-electron chi connectivity index (χ4n) is 7.99. The molecule has 0 bridgehead atoms. The summed E-state index contributed by atoms with van der Waals surface area (Å²) in [5.41, 5.74) is 2.55. The van der Waals surface area contributed by atoms with E-state index in [1.807, 2.05) is 19.1 Å². The summed E-state index contributed by atoms with van der Waals surface area (Å²) in [5.74, 6) is 1.46. The number of ether oxygens (including phenoxy) is 1. The van der Waals surface area contributed by atoms with Crippen molar-refractivity contribution < 1.29 is 22.1 Å². The van der Waals surface area contributed by atoms with Crippen LogP contribution < -0.4 is 0 Å². The third kappa shape index (κ3) is 3.95. The van der Waals surface area contributed by atoms with E-state index in [9.17, 15) is 13.2 Å². The van der Waals surface area contributed by atoms with Crippen LogP contribution in [0, 0.1) is 35.5 Å². The number of allylic oxidation sites excluding steroid dienone is 1. The van der Waals surface area contributed by atoms with E-state index in [0.717, 1.165) is 56.9 Å². The molecule has 1 aromatic rings. The molecule has 0 N–H and O–H groups in total. The number of aryl methyl sites for hydroxylation is 1. The number of carbonyl (C=O) groups is 1. The average Bonchev–Trinajstić information content (AvgIpc) is 3.09. The first-order valence-electron chi connectivity index (χ1n) is 12.9. The standard InChI is InChI=1S/C28H38O5S/c1-18-5-8-22(9-6-18)34(30,31)33-26-12-11-24-23-10-7-20-17-21(32-19(2)29)13-15-27(20,3)25(23)14-16-28(24,26)4/h5-9,21,23-26H,10-17H2,1-4H3/t21-,23-,24+,25+,26+,27+,28+/m1/s1. The number of carbonyl (C=O) groups excluding carboxylic acids is 1. The Morgan fingerprint density at radius 2 is 1.74 bits per heavy atom. The van der Waals surface area contributed by atoms with Crippen LogP contribution in [0.15, 0.2) is 40.8 Å². The van der Waals surface area contributed by atoms with Crippen LogP contribution in [0.1, 0.15) is 77.7 Å². The highest BCUT2D eigenvalue weighted by Gasteiger charge is 2.59. The van der Waals surface area contributed by atoms with Crippen LogP contribution in [0.3, 0.4) is 0 Å². The Labute approximate surface area is 204 Å². The third-order valence-electron chi connectivity index (χ3n) is 9.86. The zero-order valence-electron chi connectivity index (χ0n) is 20.9. The molecule has 3 fully saturated rings. The molecule has 4 aliphatic rings. The number of fused-ring (bicyclic) bond motifs is 5. The molecule has 0 saturated heterocycles.